The summed E-state index contributed by atoms with van der Waals surface area (Å²) in [6.07, 6.45) is 0. The van der Waals surface area contributed by atoms with E-state index in [9.17, 15) is 9.59 Å². The Balaban J connectivity index is 2.28. The molecule has 0 aliphatic rings. The number of carbonyl (C=O) groups excluding carboxylic acids is 2. The molecular weight excluding hydrogens is 288 g/mol. The van der Waals surface area contributed by atoms with Crippen LogP contribution >= 0.6 is 0 Å². The first-order valence-corrected chi connectivity index (χ1v) is 6.86. The molecule has 22 heavy (non-hydrogen) atoms. The molecule has 3 N–H and O–H groups in total. The number of ether oxygens (including phenoxy) is 2. The number of rotatable bonds is 7. The van der Waals surface area contributed by atoms with Crippen LogP contribution in [-0.4, -0.2) is 49.3 Å². The molecule has 1 aromatic carbocycles. The van der Waals surface area contributed by atoms with Gasteiger partial charge in [0.15, 0.2) is 0 Å². The Morgan fingerprint density at radius 1 is 1.14 bits per heavy atom. The summed E-state index contributed by atoms with van der Waals surface area (Å²) in [6, 6.07) is 7.02. The lowest BCUT2D eigenvalue weighted by molar-refractivity contribution is -0.140. The molecule has 1 aromatic rings. The smallest absolute Gasteiger partial charge is 0.309 e. The molecule has 0 spiro atoms. The van der Waals surface area contributed by atoms with Crippen molar-refractivity contribution in [3.8, 4) is 11.5 Å². The minimum Gasteiger partial charge on any atom is -0.497 e. The zero-order chi connectivity index (χ0) is 16.6. The molecule has 7 heteroatoms. The van der Waals surface area contributed by atoms with E-state index in [0.29, 0.717) is 5.75 Å². The van der Waals surface area contributed by atoms with Gasteiger partial charge in [-0.1, -0.05) is 0 Å². The van der Waals surface area contributed by atoms with Crippen LogP contribution in [0.3, 0.4) is 0 Å². The largest absolute Gasteiger partial charge is 0.497 e. The Labute approximate surface area is 129 Å². The Morgan fingerprint density at radius 3 is 2.27 bits per heavy atom. The predicted molar refractivity (Wildman–Crippen MR) is 80.8 cm³/mol. The molecule has 0 heterocycles. The topological polar surface area (TPSA) is 96.9 Å². The minimum atomic E-state index is -0.839. The number of aliphatic hydroxyl groups is 1. The maximum atomic E-state index is 11.6. The lowest BCUT2D eigenvalue weighted by Crippen LogP contribution is -2.52. The summed E-state index contributed by atoms with van der Waals surface area (Å²) in [5.41, 5.74) is -0.839. The molecule has 0 atom stereocenters. The first kappa shape index (κ1) is 17.8. The lowest BCUT2D eigenvalue weighted by Gasteiger charge is -2.22. The summed E-state index contributed by atoms with van der Waals surface area (Å²) < 4.78 is 10.4. The second-order valence-corrected chi connectivity index (χ2v) is 5.28. The van der Waals surface area contributed by atoms with Crippen LogP contribution in [0.5, 0.6) is 11.5 Å². The van der Waals surface area contributed by atoms with E-state index in [2.05, 4.69) is 10.6 Å². The third-order valence-electron chi connectivity index (χ3n) is 2.77. The van der Waals surface area contributed by atoms with Crippen molar-refractivity contribution in [3.05, 3.63) is 24.3 Å². The van der Waals surface area contributed by atoms with Crippen molar-refractivity contribution in [2.24, 2.45) is 0 Å². The predicted octanol–water partition coefficient (Wildman–Crippen LogP) is 0.0773. The van der Waals surface area contributed by atoms with Crippen molar-refractivity contribution >= 4 is 11.8 Å². The minimum absolute atomic E-state index is 0.192. The monoisotopic (exact) mass is 310 g/mol. The first-order valence-electron chi connectivity index (χ1n) is 6.86. The van der Waals surface area contributed by atoms with Crippen LogP contribution in [0, 0.1) is 0 Å². The van der Waals surface area contributed by atoms with Gasteiger partial charge in [-0.05, 0) is 38.1 Å². The van der Waals surface area contributed by atoms with Gasteiger partial charge >= 0.3 is 11.8 Å². The number of aliphatic hydroxyl groups excluding tert-OH is 1. The highest BCUT2D eigenvalue weighted by atomic mass is 16.5. The highest BCUT2D eigenvalue weighted by Crippen LogP contribution is 2.16. The lowest BCUT2D eigenvalue weighted by atomic mass is 10.1. The van der Waals surface area contributed by atoms with Crippen LogP contribution in [-0.2, 0) is 9.59 Å². The average Bonchev–Trinajstić information content (AvgIpc) is 2.51. The normalized spacial score (nSPS) is 10.7. The number of hydrogen-bond donors (Lipinski definition) is 3. The van der Waals surface area contributed by atoms with E-state index in [1.165, 1.54) is 0 Å². The molecule has 0 radical (unpaired) electrons. The van der Waals surface area contributed by atoms with Gasteiger partial charge in [-0.15, -0.1) is 0 Å². The number of carbonyl (C=O) groups is 2. The molecule has 0 fully saturated rings. The van der Waals surface area contributed by atoms with Crippen molar-refractivity contribution in [2.45, 2.75) is 19.4 Å². The van der Waals surface area contributed by atoms with Gasteiger partial charge in [-0.25, -0.2) is 0 Å². The van der Waals surface area contributed by atoms with Gasteiger partial charge < -0.3 is 25.2 Å². The summed E-state index contributed by atoms with van der Waals surface area (Å²) >= 11 is 0. The first-order chi connectivity index (χ1) is 10.4. The Hall–Kier alpha value is -2.28. The number of amides is 2. The van der Waals surface area contributed by atoms with Crippen LogP contribution in [0.4, 0.5) is 0 Å². The van der Waals surface area contributed by atoms with E-state index in [-0.39, 0.29) is 19.8 Å². The second kappa shape index (κ2) is 8.23. The molecule has 2 amide bonds. The van der Waals surface area contributed by atoms with Gasteiger partial charge in [0.25, 0.3) is 0 Å². The third-order valence-corrected chi connectivity index (χ3v) is 2.77. The van der Waals surface area contributed by atoms with Crippen molar-refractivity contribution in [1.29, 1.82) is 0 Å². The van der Waals surface area contributed by atoms with E-state index in [1.807, 2.05) is 0 Å². The number of nitrogens with one attached hydrogen (secondary N) is 2. The molecular formula is C15H22N2O5. The average molecular weight is 310 g/mol. The van der Waals surface area contributed by atoms with E-state index < -0.39 is 17.4 Å². The van der Waals surface area contributed by atoms with E-state index in [0.717, 1.165) is 5.75 Å². The number of hydrogen-bond acceptors (Lipinski definition) is 5. The maximum Gasteiger partial charge on any atom is 0.309 e. The van der Waals surface area contributed by atoms with E-state index in [4.69, 9.17) is 14.6 Å². The molecule has 1 rings (SSSR count). The van der Waals surface area contributed by atoms with Crippen LogP contribution < -0.4 is 20.1 Å². The fourth-order valence-corrected chi connectivity index (χ4v) is 1.49. The van der Waals surface area contributed by atoms with Gasteiger partial charge in [0.1, 0.15) is 18.1 Å². The molecule has 0 aliphatic carbocycles. The standard InChI is InChI=1S/C15H22N2O5/c1-15(2,10-18)17-14(20)13(19)16-8-9-22-12-6-4-11(21-3)5-7-12/h4-7,18H,8-10H2,1-3H3,(H,16,19)(H,17,20). The Kier molecular flexibility index (Phi) is 6.65. The van der Waals surface area contributed by atoms with Crippen LogP contribution in [0.2, 0.25) is 0 Å². The van der Waals surface area contributed by atoms with Crippen molar-refractivity contribution < 1.29 is 24.2 Å². The van der Waals surface area contributed by atoms with E-state index >= 15 is 0 Å². The molecule has 0 unspecified atom stereocenters. The fraction of sp³-hybridized carbons (Fsp3) is 0.467. The molecule has 0 saturated carbocycles. The summed E-state index contributed by atoms with van der Waals surface area (Å²) in [6.45, 7) is 3.40. The molecule has 0 bridgehead atoms. The van der Waals surface area contributed by atoms with Gasteiger partial charge in [-0.3, -0.25) is 9.59 Å². The molecule has 122 valence electrons. The highest BCUT2D eigenvalue weighted by molar-refractivity contribution is 6.35. The van der Waals surface area contributed by atoms with Gasteiger partial charge in [0.05, 0.1) is 25.8 Å². The highest BCUT2D eigenvalue weighted by Gasteiger charge is 2.23. The number of methoxy groups -OCH3 is 1. The molecule has 7 nitrogen and oxygen atoms in total. The molecule has 0 aromatic heterocycles. The zero-order valence-electron chi connectivity index (χ0n) is 13.0. The maximum absolute atomic E-state index is 11.6. The van der Waals surface area contributed by atoms with Gasteiger partial charge in [0, 0.05) is 0 Å². The Morgan fingerprint density at radius 2 is 1.73 bits per heavy atom. The Bertz CT molecular complexity index is 499. The van der Waals surface area contributed by atoms with Crippen LogP contribution in [0.1, 0.15) is 13.8 Å². The second-order valence-electron chi connectivity index (χ2n) is 5.28. The SMILES string of the molecule is COc1ccc(OCCNC(=O)C(=O)NC(C)(C)CO)cc1. The summed E-state index contributed by atoms with van der Waals surface area (Å²) in [5.74, 6) is -0.187. The van der Waals surface area contributed by atoms with E-state index in [1.54, 1.807) is 45.2 Å². The summed E-state index contributed by atoms with van der Waals surface area (Å²) in [5, 5.41) is 13.9. The molecule has 0 aliphatic heterocycles. The number of benzene rings is 1. The summed E-state index contributed by atoms with van der Waals surface area (Å²) in [4.78, 5) is 23.1. The van der Waals surface area contributed by atoms with Crippen molar-refractivity contribution in [2.75, 3.05) is 26.9 Å². The van der Waals surface area contributed by atoms with Crippen LogP contribution in [0.15, 0.2) is 24.3 Å². The van der Waals surface area contributed by atoms with Gasteiger partial charge in [-0.2, -0.15) is 0 Å². The quantitative estimate of drug-likeness (QED) is 0.489. The summed E-state index contributed by atoms with van der Waals surface area (Å²) in [7, 11) is 1.58. The van der Waals surface area contributed by atoms with Crippen LogP contribution in [0.25, 0.3) is 0 Å². The zero-order valence-corrected chi connectivity index (χ0v) is 13.0. The van der Waals surface area contributed by atoms with Gasteiger partial charge in [0.2, 0.25) is 0 Å². The third kappa shape index (κ3) is 6.01. The molecule has 0 saturated heterocycles. The fourth-order valence-electron chi connectivity index (χ4n) is 1.49. The van der Waals surface area contributed by atoms with Crippen molar-refractivity contribution in [3.63, 3.8) is 0 Å². The van der Waals surface area contributed by atoms with Crippen molar-refractivity contribution in [1.82, 2.24) is 10.6 Å².